The van der Waals surface area contributed by atoms with E-state index in [4.69, 9.17) is 0 Å². The molecule has 1 aliphatic carbocycles. The van der Waals surface area contributed by atoms with Crippen LogP contribution >= 0.6 is 11.3 Å². The number of rotatable bonds is 6. The molecule has 4 heteroatoms. The Morgan fingerprint density at radius 3 is 2.95 bits per heavy atom. The van der Waals surface area contributed by atoms with E-state index in [0.717, 1.165) is 24.3 Å². The number of anilines is 2. The lowest BCUT2D eigenvalue weighted by Crippen LogP contribution is -2.15. The summed E-state index contributed by atoms with van der Waals surface area (Å²) in [6, 6.07) is 9.35. The monoisotopic (exact) mass is 287 g/mol. The second-order valence-corrected chi connectivity index (χ2v) is 6.44. The van der Waals surface area contributed by atoms with Gasteiger partial charge in [0.2, 0.25) is 0 Å². The molecule has 0 aliphatic heterocycles. The summed E-state index contributed by atoms with van der Waals surface area (Å²) in [6.07, 6.45) is 4.67. The third-order valence-electron chi connectivity index (χ3n) is 3.54. The molecule has 1 N–H and O–H groups in total. The molecule has 2 aromatic rings. The molecule has 0 bridgehead atoms. The molecule has 0 radical (unpaired) electrons. The molecule has 1 fully saturated rings. The fraction of sp³-hybridized carbons (Fsp3) is 0.438. The van der Waals surface area contributed by atoms with Gasteiger partial charge < -0.3 is 10.2 Å². The zero-order valence-electron chi connectivity index (χ0n) is 12.1. The van der Waals surface area contributed by atoms with Crippen LogP contribution in [0.15, 0.2) is 30.5 Å². The predicted molar refractivity (Wildman–Crippen MR) is 85.8 cm³/mol. The maximum absolute atomic E-state index is 4.60. The topological polar surface area (TPSA) is 28.2 Å². The first-order valence-corrected chi connectivity index (χ1v) is 8.10. The average molecular weight is 287 g/mol. The van der Waals surface area contributed by atoms with E-state index in [-0.39, 0.29) is 0 Å². The van der Waals surface area contributed by atoms with E-state index in [2.05, 4.69) is 53.3 Å². The van der Waals surface area contributed by atoms with Gasteiger partial charge in [-0.1, -0.05) is 12.1 Å². The molecule has 0 unspecified atom stereocenters. The minimum atomic E-state index is 0.750. The molecule has 1 aromatic carbocycles. The van der Waals surface area contributed by atoms with E-state index < -0.39 is 0 Å². The molecule has 20 heavy (non-hydrogen) atoms. The number of benzene rings is 1. The van der Waals surface area contributed by atoms with Crippen molar-refractivity contribution in [2.75, 3.05) is 11.4 Å². The fourth-order valence-electron chi connectivity index (χ4n) is 2.26. The smallest absolute Gasteiger partial charge is 0.190 e. The van der Waals surface area contributed by atoms with Crippen molar-refractivity contribution in [2.24, 2.45) is 0 Å². The minimum Gasteiger partial charge on any atom is -0.318 e. The van der Waals surface area contributed by atoms with Gasteiger partial charge in [0.25, 0.3) is 0 Å². The maximum Gasteiger partial charge on any atom is 0.190 e. The SMILES string of the molecule is CCN(c1cccc(C)c1)c1ncc(CNC2CC2)s1. The van der Waals surface area contributed by atoms with Gasteiger partial charge in [-0.25, -0.2) is 4.98 Å². The number of hydrogen-bond acceptors (Lipinski definition) is 4. The highest BCUT2D eigenvalue weighted by molar-refractivity contribution is 7.15. The number of hydrogen-bond donors (Lipinski definition) is 1. The molecule has 3 nitrogen and oxygen atoms in total. The van der Waals surface area contributed by atoms with Gasteiger partial charge in [0.1, 0.15) is 0 Å². The summed E-state index contributed by atoms with van der Waals surface area (Å²) >= 11 is 1.79. The normalized spacial score (nSPS) is 14.5. The zero-order chi connectivity index (χ0) is 13.9. The van der Waals surface area contributed by atoms with E-state index in [1.807, 2.05) is 6.20 Å². The molecule has 0 amide bonds. The van der Waals surface area contributed by atoms with Gasteiger partial charge in [-0.2, -0.15) is 0 Å². The third kappa shape index (κ3) is 3.19. The van der Waals surface area contributed by atoms with Crippen LogP contribution in [0.1, 0.15) is 30.2 Å². The molecule has 1 aromatic heterocycles. The molecular formula is C16H21N3S. The Kier molecular flexibility index (Phi) is 4.03. The Morgan fingerprint density at radius 1 is 1.40 bits per heavy atom. The number of aryl methyl sites for hydroxylation is 1. The number of nitrogens with one attached hydrogen (secondary N) is 1. The summed E-state index contributed by atoms with van der Waals surface area (Å²) in [5.74, 6) is 0. The van der Waals surface area contributed by atoms with Crippen molar-refractivity contribution in [3.63, 3.8) is 0 Å². The Hall–Kier alpha value is -1.39. The molecule has 106 valence electrons. The fourth-order valence-corrected chi connectivity index (χ4v) is 3.21. The van der Waals surface area contributed by atoms with Gasteiger partial charge >= 0.3 is 0 Å². The van der Waals surface area contributed by atoms with Gasteiger partial charge in [-0.3, -0.25) is 0 Å². The minimum absolute atomic E-state index is 0.750. The van der Waals surface area contributed by atoms with Crippen LogP contribution in [-0.4, -0.2) is 17.6 Å². The van der Waals surface area contributed by atoms with Crippen LogP contribution in [0.2, 0.25) is 0 Å². The Bertz CT molecular complexity index is 575. The second-order valence-electron chi connectivity index (χ2n) is 5.35. The molecule has 1 aliphatic rings. The van der Waals surface area contributed by atoms with Crippen LogP contribution in [0.3, 0.4) is 0 Å². The van der Waals surface area contributed by atoms with Crippen LogP contribution in [0.25, 0.3) is 0 Å². The number of aromatic nitrogens is 1. The molecule has 0 saturated heterocycles. The van der Waals surface area contributed by atoms with Crippen LogP contribution in [0, 0.1) is 6.92 Å². The van der Waals surface area contributed by atoms with Gasteiger partial charge in [0, 0.05) is 35.9 Å². The summed E-state index contributed by atoms with van der Waals surface area (Å²) in [5, 5.41) is 4.63. The lowest BCUT2D eigenvalue weighted by atomic mass is 10.2. The highest BCUT2D eigenvalue weighted by Gasteiger charge is 2.20. The quantitative estimate of drug-likeness (QED) is 0.874. The maximum atomic E-state index is 4.60. The van der Waals surface area contributed by atoms with E-state index in [1.54, 1.807) is 11.3 Å². The molecule has 0 spiro atoms. The number of nitrogens with zero attached hydrogens (tertiary/aromatic N) is 2. The van der Waals surface area contributed by atoms with Crippen molar-refractivity contribution >= 4 is 22.2 Å². The highest BCUT2D eigenvalue weighted by atomic mass is 32.1. The first-order chi connectivity index (χ1) is 9.76. The van der Waals surface area contributed by atoms with E-state index in [1.165, 1.54) is 29.0 Å². The largest absolute Gasteiger partial charge is 0.318 e. The third-order valence-corrected chi connectivity index (χ3v) is 4.56. The van der Waals surface area contributed by atoms with Gasteiger partial charge in [-0.15, -0.1) is 11.3 Å². The summed E-state index contributed by atoms with van der Waals surface area (Å²) in [6.45, 7) is 6.19. The lowest BCUT2D eigenvalue weighted by Gasteiger charge is -2.20. The Morgan fingerprint density at radius 2 is 2.25 bits per heavy atom. The van der Waals surface area contributed by atoms with E-state index >= 15 is 0 Å². The summed E-state index contributed by atoms with van der Waals surface area (Å²) in [7, 11) is 0. The van der Waals surface area contributed by atoms with Crippen LogP contribution < -0.4 is 10.2 Å². The van der Waals surface area contributed by atoms with Crippen molar-refractivity contribution in [3.05, 3.63) is 40.9 Å². The Labute approximate surface area is 124 Å². The van der Waals surface area contributed by atoms with Gasteiger partial charge in [0.05, 0.1) is 0 Å². The predicted octanol–water partition coefficient (Wildman–Crippen LogP) is 3.86. The number of thiazole rings is 1. The van der Waals surface area contributed by atoms with Crippen LogP contribution in [0.5, 0.6) is 0 Å². The van der Waals surface area contributed by atoms with Crippen molar-refractivity contribution in [3.8, 4) is 0 Å². The summed E-state index contributed by atoms with van der Waals surface area (Å²) in [5.41, 5.74) is 2.51. The van der Waals surface area contributed by atoms with E-state index in [9.17, 15) is 0 Å². The van der Waals surface area contributed by atoms with Gasteiger partial charge in [0.15, 0.2) is 5.13 Å². The first kappa shape index (κ1) is 13.6. The standard InChI is InChI=1S/C16H21N3S/c1-3-19(14-6-4-5-12(2)9-14)16-18-11-15(20-16)10-17-13-7-8-13/h4-6,9,11,13,17H,3,7-8,10H2,1-2H3. The van der Waals surface area contributed by atoms with Crippen LogP contribution in [0.4, 0.5) is 10.8 Å². The molecule has 3 rings (SSSR count). The summed E-state index contributed by atoms with van der Waals surface area (Å²) < 4.78 is 0. The van der Waals surface area contributed by atoms with E-state index in [0.29, 0.717) is 0 Å². The molecular weight excluding hydrogens is 266 g/mol. The van der Waals surface area contributed by atoms with Gasteiger partial charge in [-0.05, 0) is 44.4 Å². The lowest BCUT2D eigenvalue weighted by molar-refractivity contribution is 0.694. The van der Waals surface area contributed by atoms with Crippen molar-refractivity contribution < 1.29 is 0 Å². The van der Waals surface area contributed by atoms with Crippen molar-refractivity contribution in [2.45, 2.75) is 39.3 Å². The summed E-state index contributed by atoms with van der Waals surface area (Å²) in [4.78, 5) is 8.19. The zero-order valence-corrected chi connectivity index (χ0v) is 12.9. The molecule has 1 heterocycles. The molecule has 0 atom stereocenters. The van der Waals surface area contributed by atoms with Crippen molar-refractivity contribution in [1.82, 2.24) is 10.3 Å². The average Bonchev–Trinajstić information content (AvgIpc) is 3.16. The highest BCUT2D eigenvalue weighted by Crippen LogP contribution is 2.30. The van der Waals surface area contributed by atoms with Crippen LogP contribution in [-0.2, 0) is 6.54 Å². The van der Waals surface area contributed by atoms with Crippen molar-refractivity contribution in [1.29, 1.82) is 0 Å². The second kappa shape index (κ2) is 5.94. The molecule has 1 saturated carbocycles. The Balaban J connectivity index is 1.74. The first-order valence-electron chi connectivity index (χ1n) is 7.28.